The molecule has 2 N–H and O–H groups in total. The Bertz CT molecular complexity index is 365. The molecule has 0 atom stereocenters. The standard InChI is InChI=1S/C14H25N3O6/c1-2-15(3-5-16(7-9-18)8-10-19)4-6-17(11-13(20)21)12-14(22)23/h9-10H,2-8,11-12H2,1H3,(H,20,21)(H,22,23). The molecule has 0 fully saturated rings. The molecule has 0 aliphatic rings. The molecular formula is C14H25N3O6. The Balaban J connectivity index is 4.37. The van der Waals surface area contributed by atoms with E-state index in [0.717, 1.165) is 12.6 Å². The molecule has 0 spiro atoms. The molecule has 23 heavy (non-hydrogen) atoms. The number of nitrogens with zero attached hydrogens (tertiary/aromatic N) is 3. The third-order valence-electron chi connectivity index (χ3n) is 3.30. The van der Waals surface area contributed by atoms with Gasteiger partial charge in [0.2, 0.25) is 0 Å². The normalized spacial score (nSPS) is 11.1. The van der Waals surface area contributed by atoms with E-state index in [4.69, 9.17) is 10.2 Å². The lowest BCUT2D eigenvalue weighted by molar-refractivity contribution is -0.141. The van der Waals surface area contributed by atoms with Crippen molar-refractivity contribution in [2.24, 2.45) is 0 Å². The van der Waals surface area contributed by atoms with Gasteiger partial charge in [-0.15, -0.1) is 0 Å². The summed E-state index contributed by atoms with van der Waals surface area (Å²) in [5.41, 5.74) is 0. The third kappa shape index (κ3) is 11.4. The van der Waals surface area contributed by atoms with Gasteiger partial charge in [0, 0.05) is 26.2 Å². The van der Waals surface area contributed by atoms with E-state index in [-0.39, 0.29) is 26.2 Å². The lowest BCUT2D eigenvalue weighted by Gasteiger charge is -2.27. The SMILES string of the molecule is CCN(CCN(CC=O)CC=O)CCN(CC(=O)O)CC(=O)O. The molecule has 0 saturated carbocycles. The smallest absolute Gasteiger partial charge is 0.317 e. The van der Waals surface area contributed by atoms with Crippen molar-refractivity contribution in [2.75, 3.05) is 58.9 Å². The molecule has 0 amide bonds. The third-order valence-corrected chi connectivity index (χ3v) is 3.30. The Hall–Kier alpha value is -1.84. The number of carbonyl (C=O) groups excluding carboxylic acids is 2. The summed E-state index contributed by atoms with van der Waals surface area (Å²) in [5, 5.41) is 17.6. The first kappa shape index (κ1) is 21.2. The minimum Gasteiger partial charge on any atom is -0.480 e. The van der Waals surface area contributed by atoms with Gasteiger partial charge in [-0.05, 0) is 6.54 Å². The second kappa shape index (κ2) is 12.7. The van der Waals surface area contributed by atoms with Gasteiger partial charge in [0.1, 0.15) is 12.6 Å². The van der Waals surface area contributed by atoms with Crippen molar-refractivity contribution in [3.8, 4) is 0 Å². The van der Waals surface area contributed by atoms with Crippen molar-refractivity contribution in [2.45, 2.75) is 6.92 Å². The number of carbonyl (C=O) groups is 4. The zero-order valence-corrected chi connectivity index (χ0v) is 13.4. The van der Waals surface area contributed by atoms with Crippen LogP contribution < -0.4 is 0 Å². The fourth-order valence-electron chi connectivity index (χ4n) is 2.06. The highest BCUT2D eigenvalue weighted by atomic mass is 16.4. The van der Waals surface area contributed by atoms with Crippen molar-refractivity contribution in [3.05, 3.63) is 0 Å². The molecule has 0 aromatic carbocycles. The molecule has 9 nitrogen and oxygen atoms in total. The van der Waals surface area contributed by atoms with Crippen molar-refractivity contribution in [1.29, 1.82) is 0 Å². The summed E-state index contributed by atoms with van der Waals surface area (Å²) >= 11 is 0. The van der Waals surface area contributed by atoms with Gasteiger partial charge in [0.05, 0.1) is 26.2 Å². The van der Waals surface area contributed by atoms with Crippen molar-refractivity contribution in [1.82, 2.24) is 14.7 Å². The van der Waals surface area contributed by atoms with Crippen LogP contribution in [0.1, 0.15) is 6.92 Å². The average Bonchev–Trinajstić information content (AvgIpc) is 2.46. The second-order valence-corrected chi connectivity index (χ2v) is 5.03. The van der Waals surface area contributed by atoms with Crippen LogP contribution in [0, 0.1) is 0 Å². The number of likely N-dealkylation sites (N-methyl/N-ethyl adjacent to an activating group) is 1. The van der Waals surface area contributed by atoms with Crippen LogP contribution >= 0.6 is 0 Å². The van der Waals surface area contributed by atoms with Crippen LogP contribution in [0.15, 0.2) is 0 Å². The van der Waals surface area contributed by atoms with Gasteiger partial charge in [-0.3, -0.25) is 19.4 Å². The van der Waals surface area contributed by atoms with Crippen LogP contribution in [-0.4, -0.2) is 108 Å². The zero-order valence-electron chi connectivity index (χ0n) is 13.4. The molecule has 0 saturated heterocycles. The topological polar surface area (TPSA) is 118 Å². The van der Waals surface area contributed by atoms with Crippen LogP contribution in [0.4, 0.5) is 0 Å². The number of rotatable bonds is 15. The largest absolute Gasteiger partial charge is 0.480 e. The number of hydrogen-bond donors (Lipinski definition) is 2. The molecule has 132 valence electrons. The first-order valence-corrected chi connectivity index (χ1v) is 7.40. The quantitative estimate of drug-likeness (QED) is 0.345. The van der Waals surface area contributed by atoms with Gasteiger partial charge in [-0.1, -0.05) is 6.92 Å². The maximum absolute atomic E-state index is 10.7. The summed E-state index contributed by atoms with van der Waals surface area (Å²) in [6, 6.07) is 0. The van der Waals surface area contributed by atoms with E-state index in [9.17, 15) is 19.2 Å². The zero-order chi connectivity index (χ0) is 17.7. The van der Waals surface area contributed by atoms with Crippen LogP contribution in [0.25, 0.3) is 0 Å². The Kier molecular flexibility index (Phi) is 11.7. The number of aliphatic carboxylic acids is 2. The predicted octanol–water partition coefficient (Wildman–Crippen LogP) is -1.52. The van der Waals surface area contributed by atoms with E-state index < -0.39 is 11.9 Å². The minimum absolute atomic E-state index is 0.181. The van der Waals surface area contributed by atoms with Gasteiger partial charge in [-0.2, -0.15) is 0 Å². The summed E-state index contributed by atoms with van der Waals surface area (Å²) < 4.78 is 0. The molecule has 0 aliphatic heterocycles. The van der Waals surface area contributed by atoms with Crippen LogP contribution in [0.5, 0.6) is 0 Å². The van der Waals surface area contributed by atoms with Crippen molar-refractivity contribution >= 4 is 24.5 Å². The minimum atomic E-state index is -1.07. The highest BCUT2D eigenvalue weighted by Crippen LogP contribution is 1.95. The number of carboxylic acids is 2. The molecule has 0 aliphatic carbocycles. The monoisotopic (exact) mass is 331 g/mol. The molecule has 0 rings (SSSR count). The lowest BCUT2D eigenvalue weighted by atomic mass is 10.3. The predicted molar refractivity (Wildman–Crippen MR) is 82.4 cm³/mol. The lowest BCUT2D eigenvalue weighted by Crippen LogP contribution is -2.43. The molecule has 0 bridgehead atoms. The number of hydrogen-bond acceptors (Lipinski definition) is 7. The van der Waals surface area contributed by atoms with E-state index in [1.807, 2.05) is 11.8 Å². The first-order chi connectivity index (χ1) is 10.9. The molecule has 0 aromatic rings. The van der Waals surface area contributed by atoms with E-state index in [2.05, 4.69) is 0 Å². The molecule has 0 unspecified atom stereocenters. The molecule has 0 aromatic heterocycles. The Labute approximate surface area is 135 Å². The van der Waals surface area contributed by atoms with Gasteiger partial charge in [0.25, 0.3) is 0 Å². The molecule has 0 heterocycles. The number of aldehydes is 2. The highest BCUT2D eigenvalue weighted by molar-refractivity contribution is 5.72. The highest BCUT2D eigenvalue weighted by Gasteiger charge is 2.15. The van der Waals surface area contributed by atoms with E-state index in [1.54, 1.807) is 4.90 Å². The molecule has 9 heteroatoms. The fraction of sp³-hybridized carbons (Fsp3) is 0.714. The maximum Gasteiger partial charge on any atom is 0.317 e. The van der Waals surface area contributed by atoms with Gasteiger partial charge in [-0.25, -0.2) is 0 Å². The fourth-order valence-corrected chi connectivity index (χ4v) is 2.06. The van der Waals surface area contributed by atoms with E-state index >= 15 is 0 Å². The van der Waals surface area contributed by atoms with Gasteiger partial charge >= 0.3 is 11.9 Å². The Morgan fingerprint density at radius 1 is 0.783 bits per heavy atom. The Morgan fingerprint density at radius 3 is 1.52 bits per heavy atom. The van der Waals surface area contributed by atoms with Crippen molar-refractivity contribution in [3.63, 3.8) is 0 Å². The van der Waals surface area contributed by atoms with Crippen LogP contribution in [0.3, 0.4) is 0 Å². The Morgan fingerprint density at radius 2 is 1.17 bits per heavy atom. The van der Waals surface area contributed by atoms with Crippen LogP contribution in [-0.2, 0) is 19.2 Å². The summed E-state index contributed by atoms with van der Waals surface area (Å²) in [5.74, 6) is -2.14. The van der Waals surface area contributed by atoms with E-state index in [0.29, 0.717) is 32.7 Å². The summed E-state index contributed by atoms with van der Waals surface area (Å²) in [4.78, 5) is 47.6. The van der Waals surface area contributed by atoms with Crippen molar-refractivity contribution < 1.29 is 29.4 Å². The summed E-state index contributed by atoms with van der Waals surface area (Å²) in [6.45, 7) is 4.29. The maximum atomic E-state index is 10.7. The number of carboxylic acid groups (broad SMARTS) is 2. The van der Waals surface area contributed by atoms with E-state index in [1.165, 1.54) is 4.90 Å². The van der Waals surface area contributed by atoms with Gasteiger partial charge < -0.3 is 24.7 Å². The summed E-state index contributed by atoms with van der Waals surface area (Å²) in [6.07, 6.45) is 1.47. The van der Waals surface area contributed by atoms with Gasteiger partial charge in [0.15, 0.2) is 0 Å². The first-order valence-electron chi connectivity index (χ1n) is 7.40. The molecular weight excluding hydrogens is 306 g/mol. The molecule has 0 radical (unpaired) electrons. The summed E-state index contributed by atoms with van der Waals surface area (Å²) in [7, 11) is 0. The average molecular weight is 331 g/mol. The van der Waals surface area contributed by atoms with Crippen LogP contribution in [0.2, 0.25) is 0 Å². The second-order valence-electron chi connectivity index (χ2n) is 5.03.